The molecule has 143 heavy (non-hydrogen) atoms. The Hall–Kier alpha value is -9.05. The highest BCUT2D eigenvalue weighted by Gasteiger charge is 2.30. The second-order valence-electron chi connectivity index (χ2n) is 42.1. The van der Waals surface area contributed by atoms with E-state index >= 15 is 0 Å². The van der Waals surface area contributed by atoms with Crippen LogP contribution in [0.4, 0.5) is 26.6 Å². The second-order valence-corrected chi connectivity index (χ2v) is 43.4. The second kappa shape index (κ2) is 66.9. The first kappa shape index (κ1) is 118. The van der Waals surface area contributed by atoms with Gasteiger partial charge >= 0.3 is 0 Å². The van der Waals surface area contributed by atoms with Crippen molar-refractivity contribution in [2.45, 2.75) is 243 Å². The number of aromatic nitrogens is 2. The molecule has 1 saturated carbocycles. The number of hydrogen-bond donors (Lipinski definition) is 2. The number of nitrogens with one attached hydrogen (secondary N) is 2. The van der Waals surface area contributed by atoms with Crippen LogP contribution in [0, 0.1) is 75.2 Å². The maximum Gasteiger partial charge on any atom is 0.128 e. The SMILES string of the molecule is C.Cc1ccc(C2CCCCC2)cc1.Cc1ccc(CCCN(C)C)cc1.Cc1ccc(CCN2CCCCC2)cc1.Cc1ccc(CN2CCCC(C)C2)cc1.Cc1ccc(N2CCCCC2)s1.Cc1ccc(N2CCN(C)CC2)cn1.Cc1ccc(N2CCNCC2)nc1.Cc1ccc(OCCN2CCC(C)(F)CC2)cc1.Cc1ccc(OCCN2CCCCC2)cc1.Cc1cccc(N2CCNCC2)c1. The fourth-order valence-corrected chi connectivity index (χ4v) is 20.1. The topological polar surface area (TPSA) is 101 Å². The van der Waals surface area contributed by atoms with Crippen LogP contribution < -0.4 is 39.7 Å². The molecule has 16 nitrogen and oxygen atoms in total. The first-order valence-electron chi connectivity index (χ1n) is 54.8. The van der Waals surface area contributed by atoms with Crippen LogP contribution in [-0.2, 0) is 19.4 Å². The number of ether oxygens (including phenoxy) is 2. The number of anilines is 4. The van der Waals surface area contributed by atoms with Crippen LogP contribution in [0.1, 0.15) is 227 Å². The minimum absolute atomic E-state index is 0. The van der Waals surface area contributed by atoms with E-state index in [0.29, 0.717) is 19.4 Å². The Labute approximate surface area is 872 Å². The quantitative estimate of drug-likeness (QED) is 0.0673. The molecule has 9 aliphatic rings. The van der Waals surface area contributed by atoms with Gasteiger partial charge in [-0.15, -0.1) is 11.3 Å². The van der Waals surface area contributed by atoms with Crippen molar-refractivity contribution in [1.29, 1.82) is 0 Å². The lowest BCUT2D eigenvalue weighted by Gasteiger charge is -2.33. The standard InChI is InChI=1S/C15H22FNO.C14H21NO.2C14H21N.C13H18.C12H19N.C11H17N3.C11H16N2.C10H15N3.C10H15NS.CH4/c1-13-3-5-14(6-4-13)18-12-11-17-9-7-15(2,16)8-10-17;1-13-5-7-14(8-6-13)16-12-11-15-9-3-2-4-10-15;1-12-5-7-14(8-6-12)11-15-9-3-4-13(2)10-15;1-13-5-7-14(8-6-13)9-12-15-10-3-2-4-11-15;1-11-7-9-13(10-8-11)12-5-3-2-4-6-12;1-11-6-8-12(9-7-11)5-4-10-13(2)3;1-10-3-4-11(9-12-10)14-7-5-13(2)6-8-14;1-10-3-2-4-11(9-10)13-7-5-12-6-8-13;1-9-2-3-10(12-8-9)13-6-4-11-5-7-13;1-9-5-6-10(12-9)11-7-3-2-4-8-11;/h3-6H,7-12H2,1-2H3;5-8H,2-4,9-12H2,1H3;5-8,13H,3-4,9-11H2,1-2H3;5-8H,2-4,9-12H2,1H3;7-10,12H,2-6H2,1H3;6-9H,4-5,10H2,1-3H3;3-4,9H,5-8H2,1-2H3;2-4,9,12H,5-8H2,1H3;2-3,8,11H,4-7H2,1H3;5-6H,2-4,7-8H2,1H3;1H4. The molecule has 3 aromatic heterocycles. The van der Waals surface area contributed by atoms with Crippen molar-refractivity contribution >= 4 is 33.5 Å². The molecule has 2 N–H and O–H groups in total. The van der Waals surface area contributed by atoms with Crippen LogP contribution in [-0.4, -0.2) is 250 Å². The van der Waals surface area contributed by atoms with Gasteiger partial charge in [-0.2, -0.15) is 0 Å². The summed E-state index contributed by atoms with van der Waals surface area (Å²) in [5.74, 6) is 4.74. The molecule has 1 aliphatic carbocycles. The molecule has 18 heteroatoms. The van der Waals surface area contributed by atoms with Crippen LogP contribution in [0.15, 0.2) is 219 Å². The van der Waals surface area contributed by atoms with Crippen molar-refractivity contribution in [2.24, 2.45) is 5.92 Å². The number of hydrogen-bond acceptors (Lipinski definition) is 17. The summed E-state index contributed by atoms with van der Waals surface area (Å²) < 4.78 is 25.0. The van der Waals surface area contributed by atoms with Gasteiger partial charge in [-0.05, 0) is 351 Å². The molecule has 8 aliphatic heterocycles. The van der Waals surface area contributed by atoms with Gasteiger partial charge < -0.3 is 54.4 Å². The third kappa shape index (κ3) is 48.4. The fraction of sp³-hybridized carbons (Fsp3) is 0.552. The molecule has 1 unspecified atom stereocenters. The summed E-state index contributed by atoms with van der Waals surface area (Å²) in [5, 5.41) is 8.15. The zero-order valence-corrected chi connectivity index (χ0v) is 91.6. The predicted molar refractivity (Wildman–Crippen MR) is 615 cm³/mol. The summed E-state index contributed by atoms with van der Waals surface area (Å²) in [4.78, 5) is 34.3. The number of likely N-dealkylation sites (tertiary alicyclic amines) is 4. The zero-order chi connectivity index (χ0) is 101. The lowest BCUT2D eigenvalue weighted by molar-refractivity contribution is 0.0669. The Morgan fingerprint density at radius 3 is 1.34 bits per heavy atom. The first-order chi connectivity index (χ1) is 68.9. The van der Waals surface area contributed by atoms with Crippen LogP contribution in [0.25, 0.3) is 0 Å². The molecule has 0 bridgehead atoms. The summed E-state index contributed by atoms with van der Waals surface area (Å²) in [5.41, 5.74) is 19.2. The van der Waals surface area contributed by atoms with Crippen molar-refractivity contribution in [3.63, 3.8) is 0 Å². The zero-order valence-electron chi connectivity index (χ0n) is 90.8. The maximum atomic E-state index is 13.6. The normalized spacial score (nSPS) is 17.9. The van der Waals surface area contributed by atoms with Gasteiger partial charge in [-0.1, -0.05) is 219 Å². The number of benzene rings is 7. The van der Waals surface area contributed by atoms with Crippen molar-refractivity contribution < 1.29 is 13.9 Å². The largest absolute Gasteiger partial charge is 0.492 e. The van der Waals surface area contributed by atoms with Gasteiger partial charge in [0.1, 0.15) is 36.2 Å². The Bertz CT molecular complexity index is 4830. The summed E-state index contributed by atoms with van der Waals surface area (Å²) in [6.07, 6.45) is 31.2. The average molecular weight is 1970 g/mol. The smallest absolute Gasteiger partial charge is 0.128 e. The maximum absolute atomic E-state index is 13.6. The lowest BCUT2D eigenvalue weighted by atomic mass is 9.84. The van der Waals surface area contributed by atoms with E-state index in [-0.39, 0.29) is 7.43 Å². The number of rotatable bonds is 22. The molecule has 1 atom stereocenters. The number of piperidine rings is 5. The molecule has 11 heterocycles. The number of pyridine rings is 2. The Morgan fingerprint density at radius 2 is 0.860 bits per heavy atom. The summed E-state index contributed by atoms with van der Waals surface area (Å²) in [6.45, 7) is 57.3. The number of aryl methyl sites for hydroxylation is 11. The van der Waals surface area contributed by atoms with Crippen LogP contribution in [0.3, 0.4) is 0 Å². The van der Waals surface area contributed by atoms with Gasteiger partial charge in [0.05, 0.1) is 16.9 Å². The van der Waals surface area contributed by atoms with Gasteiger partial charge in [-0.3, -0.25) is 19.7 Å². The highest BCUT2D eigenvalue weighted by molar-refractivity contribution is 7.16. The Kier molecular flexibility index (Phi) is 55.0. The van der Waals surface area contributed by atoms with Gasteiger partial charge in [0.25, 0.3) is 0 Å². The minimum Gasteiger partial charge on any atom is -0.492 e. The van der Waals surface area contributed by atoms with E-state index in [0.717, 1.165) is 153 Å². The Balaban J connectivity index is 0.000000177. The van der Waals surface area contributed by atoms with E-state index in [1.165, 1.54) is 270 Å². The van der Waals surface area contributed by atoms with Gasteiger partial charge in [-0.25, -0.2) is 9.37 Å². The molecule has 0 amide bonds. The molecule has 784 valence electrons. The number of thiophene rings is 1. The number of piperazine rings is 3. The van der Waals surface area contributed by atoms with Gasteiger partial charge in [0, 0.05) is 160 Å². The molecule has 9 fully saturated rings. The number of halogens is 1. The fourth-order valence-electron chi connectivity index (χ4n) is 19.2. The Morgan fingerprint density at radius 1 is 0.399 bits per heavy atom. The van der Waals surface area contributed by atoms with E-state index in [4.69, 9.17) is 9.47 Å². The van der Waals surface area contributed by atoms with E-state index in [1.54, 1.807) is 12.5 Å². The monoisotopic (exact) mass is 1970 g/mol. The molecule has 7 aromatic carbocycles. The van der Waals surface area contributed by atoms with E-state index in [9.17, 15) is 4.39 Å². The van der Waals surface area contributed by atoms with Crippen LogP contribution in [0.2, 0.25) is 0 Å². The highest BCUT2D eigenvalue weighted by Crippen LogP contribution is 2.34. The van der Waals surface area contributed by atoms with Crippen LogP contribution in [0.5, 0.6) is 11.5 Å². The summed E-state index contributed by atoms with van der Waals surface area (Å²) in [7, 11) is 6.41. The third-order valence-electron chi connectivity index (χ3n) is 28.6. The molecular formula is C125H189FN14O2S. The van der Waals surface area contributed by atoms with Crippen molar-refractivity contribution in [1.82, 2.24) is 50.0 Å². The number of nitrogens with zero attached hydrogens (tertiary/aromatic N) is 12. The van der Waals surface area contributed by atoms with Crippen LogP contribution >= 0.6 is 11.3 Å². The minimum atomic E-state index is -0.964. The molecule has 0 radical (unpaired) electrons. The van der Waals surface area contributed by atoms with Crippen molar-refractivity contribution in [3.8, 4) is 11.5 Å². The molecule has 8 saturated heterocycles. The van der Waals surface area contributed by atoms with Gasteiger partial charge in [0.2, 0.25) is 0 Å². The number of alkyl halides is 1. The van der Waals surface area contributed by atoms with E-state index < -0.39 is 5.67 Å². The van der Waals surface area contributed by atoms with Crippen molar-refractivity contribution in [2.75, 3.05) is 224 Å². The molecule has 10 aromatic rings. The van der Waals surface area contributed by atoms with E-state index in [1.807, 2.05) is 67.1 Å². The predicted octanol–water partition coefficient (Wildman–Crippen LogP) is 25.9. The average Bonchev–Trinajstić information content (AvgIpc) is 1.27. The summed E-state index contributed by atoms with van der Waals surface area (Å²) >= 11 is 1.92. The number of likely N-dealkylation sites (N-methyl/N-ethyl adjacent to an activating group) is 1. The molecular weight excluding hydrogens is 1780 g/mol. The molecule has 19 rings (SSSR count). The summed E-state index contributed by atoms with van der Waals surface area (Å²) in [6, 6.07) is 73.8. The van der Waals surface area contributed by atoms with Crippen molar-refractivity contribution in [3.05, 3.63) is 296 Å². The third-order valence-corrected chi connectivity index (χ3v) is 29.7. The van der Waals surface area contributed by atoms with Gasteiger partial charge in [0.15, 0.2) is 0 Å². The lowest BCUT2D eigenvalue weighted by Crippen LogP contribution is -2.44. The van der Waals surface area contributed by atoms with E-state index in [2.05, 4.69) is 330 Å². The highest BCUT2D eigenvalue weighted by atomic mass is 32.1. The first-order valence-corrected chi connectivity index (χ1v) is 55.6. The molecule has 0 spiro atoms.